The van der Waals surface area contributed by atoms with Crippen LogP contribution in [0.25, 0.3) is 0 Å². The first-order chi connectivity index (χ1) is 17.0. The summed E-state index contributed by atoms with van der Waals surface area (Å²) in [6.45, 7) is 4.04. The average molecular weight is 481 g/mol. The summed E-state index contributed by atoms with van der Waals surface area (Å²) in [5.74, 6) is 4.03. The second kappa shape index (κ2) is 10.5. The molecule has 0 aromatic carbocycles. The molecule has 6 N–H and O–H groups in total. The third kappa shape index (κ3) is 5.43. The molecule has 0 spiro atoms. The van der Waals surface area contributed by atoms with Gasteiger partial charge in [-0.25, -0.2) is 9.97 Å². The maximum absolute atomic E-state index is 5.85. The van der Waals surface area contributed by atoms with E-state index in [2.05, 4.69) is 52.5 Å². The normalized spacial score (nSPS) is 21.2. The highest BCUT2D eigenvalue weighted by Gasteiger charge is 2.29. The van der Waals surface area contributed by atoms with Crippen molar-refractivity contribution in [1.29, 1.82) is 0 Å². The smallest absolute Gasteiger partial charge is 0.222 e. The minimum absolute atomic E-state index is 0.414. The topological polar surface area (TPSA) is 134 Å². The number of hydrogen-bond acceptors (Lipinski definition) is 10. The highest BCUT2D eigenvalue weighted by atomic mass is 15.3. The van der Waals surface area contributed by atoms with Gasteiger partial charge in [0.25, 0.3) is 0 Å². The van der Waals surface area contributed by atoms with E-state index >= 15 is 0 Å². The van der Waals surface area contributed by atoms with Crippen molar-refractivity contribution in [2.75, 3.05) is 61.5 Å². The van der Waals surface area contributed by atoms with E-state index in [1.54, 1.807) is 0 Å². The van der Waals surface area contributed by atoms with Gasteiger partial charge < -0.3 is 31.9 Å². The average Bonchev–Trinajstić information content (AvgIpc) is 3.26. The second-order valence-electron chi connectivity index (χ2n) is 10.4. The third-order valence-corrected chi connectivity index (χ3v) is 8.02. The lowest BCUT2D eigenvalue weighted by molar-refractivity contribution is 0.409. The van der Waals surface area contributed by atoms with E-state index in [0.717, 1.165) is 49.2 Å². The molecule has 0 unspecified atom stereocenters. The van der Waals surface area contributed by atoms with Crippen LogP contribution >= 0.6 is 0 Å². The molecule has 0 atom stereocenters. The Bertz CT molecular complexity index is 992. The van der Waals surface area contributed by atoms with Crippen molar-refractivity contribution in [1.82, 2.24) is 30.6 Å². The van der Waals surface area contributed by atoms with E-state index in [1.165, 1.54) is 44.9 Å². The standard InChI is InChI=1S/C13H21N5.C12H19N5/c1-15-10-7-18(8-10)12-6-11(16-13(14)17-12)9-4-2-3-5-9;1-14-9-6-17(7-9)11-5-10(8-3-2-4-8)15-12(13)16-11/h6,9-10,15H,2-5,7-8H2,1H3,(H2,14,16,17);5,8-9,14H,2-4,6-7H2,1H3,(H2,13,15,16). The third-order valence-electron chi connectivity index (χ3n) is 8.02. The van der Waals surface area contributed by atoms with Crippen LogP contribution in [-0.4, -0.2) is 72.3 Å². The lowest BCUT2D eigenvalue weighted by atomic mass is 9.83. The van der Waals surface area contributed by atoms with E-state index in [0.29, 0.717) is 35.8 Å². The molecule has 10 nitrogen and oxygen atoms in total. The van der Waals surface area contributed by atoms with Crippen LogP contribution in [0, 0.1) is 0 Å². The first kappa shape index (κ1) is 24.0. The molecular weight excluding hydrogens is 440 g/mol. The number of nitrogens with zero attached hydrogens (tertiary/aromatic N) is 6. The fourth-order valence-electron chi connectivity index (χ4n) is 5.31. The van der Waals surface area contributed by atoms with E-state index in [1.807, 2.05) is 14.1 Å². The maximum Gasteiger partial charge on any atom is 0.222 e. The molecular formula is C25H40N10. The summed E-state index contributed by atoms with van der Waals surface area (Å²) in [6.07, 6.45) is 8.93. The van der Waals surface area contributed by atoms with Crippen LogP contribution in [-0.2, 0) is 0 Å². The van der Waals surface area contributed by atoms with Crippen molar-refractivity contribution in [3.63, 3.8) is 0 Å². The number of nitrogens with one attached hydrogen (secondary N) is 2. The van der Waals surface area contributed by atoms with Crippen molar-refractivity contribution in [2.45, 2.75) is 68.9 Å². The zero-order valence-electron chi connectivity index (χ0n) is 21.1. The molecule has 0 radical (unpaired) electrons. The Hall–Kier alpha value is -2.72. The predicted octanol–water partition coefficient (Wildman–Crippen LogP) is 1.86. The van der Waals surface area contributed by atoms with Crippen molar-refractivity contribution in [3.05, 3.63) is 23.5 Å². The van der Waals surface area contributed by atoms with Gasteiger partial charge in [0.15, 0.2) is 0 Å². The summed E-state index contributed by atoms with van der Waals surface area (Å²) in [5.41, 5.74) is 13.9. The van der Waals surface area contributed by atoms with Crippen LogP contribution in [0.3, 0.4) is 0 Å². The quantitative estimate of drug-likeness (QED) is 0.485. The first-order valence-electron chi connectivity index (χ1n) is 13.2. The molecule has 2 saturated carbocycles. The lowest BCUT2D eigenvalue weighted by Gasteiger charge is -2.40. The van der Waals surface area contributed by atoms with Crippen molar-refractivity contribution >= 4 is 23.5 Å². The number of hydrogen-bond donors (Lipinski definition) is 4. The van der Waals surface area contributed by atoms with Crippen LogP contribution < -0.4 is 31.9 Å². The Morgan fingerprint density at radius 2 is 1.06 bits per heavy atom. The lowest BCUT2D eigenvalue weighted by Crippen LogP contribution is -2.57. The van der Waals surface area contributed by atoms with Gasteiger partial charge in [-0.05, 0) is 39.8 Å². The molecule has 35 heavy (non-hydrogen) atoms. The number of nitrogen functional groups attached to an aromatic ring is 2. The SMILES string of the molecule is CNC1CN(c2cc(C3CCC3)nc(N)n2)C1.CNC1CN(c2cc(C3CCCC3)nc(N)n2)C1. The van der Waals surface area contributed by atoms with Gasteiger partial charge in [0.05, 0.1) is 11.4 Å². The molecule has 190 valence electrons. The van der Waals surface area contributed by atoms with Gasteiger partial charge in [-0.3, -0.25) is 0 Å². The zero-order chi connectivity index (χ0) is 24.4. The molecule has 0 bridgehead atoms. The van der Waals surface area contributed by atoms with Gasteiger partial charge in [0, 0.05) is 62.2 Å². The second-order valence-corrected chi connectivity index (χ2v) is 10.4. The van der Waals surface area contributed by atoms with Crippen LogP contribution in [0.15, 0.2) is 12.1 Å². The number of nitrogens with two attached hydrogens (primary N) is 2. The Balaban J connectivity index is 0.000000145. The first-order valence-corrected chi connectivity index (χ1v) is 13.2. The van der Waals surface area contributed by atoms with Gasteiger partial charge in [0.1, 0.15) is 11.6 Å². The Morgan fingerprint density at radius 3 is 1.40 bits per heavy atom. The fourth-order valence-corrected chi connectivity index (χ4v) is 5.31. The van der Waals surface area contributed by atoms with Gasteiger partial charge in [0.2, 0.25) is 11.9 Å². The number of aromatic nitrogens is 4. The van der Waals surface area contributed by atoms with E-state index < -0.39 is 0 Å². The van der Waals surface area contributed by atoms with E-state index in [4.69, 9.17) is 11.5 Å². The summed E-state index contributed by atoms with van der Waals surface area (Å²) in [7, 11) is 4.00. The maximum atomic E-state index is 5.85. The Labute approximate surface area is 208 Å². The zero-order valence-corrected chi connectivity index (χ0v) is 21.1. The Morgan fingerprint density at radius 1 is 0.657 bits per heavy atom. The number of likely N-dealkylation sites (N-methyl/N-ethyl adjacent to an activating group) is 2. The Kier molecular flexibility index (Phi) is 7.19. The number of rotatable bonds is 6. The largest absolute Gasteiger partial charge is 0.368 e. The molecule has 10 heteroatoms. The predicted molar refractivity (Wildman–Crippen MR) is 141 cm³/mol. The summed E-state index contributed by atoms with van der Waals surface area (Å²) in [5, 5.41) is 6.53. The van der Waals surface area contributed by atoms with Crippen LogP contribution in [0.5, 0.6) is 0 Å². The van der Waals surface area contributed by atoms with E-state index in [9.17, 15) is 0 Å². The van der Waals surface area contributed by atoms with Gasteiger partial charge >= 0.3 is 0 Å². The monoisotopic (exact) mass is 480 g/mol. The van der Waals surface area contributed by atoms with Crippen LogP contribution in [0.2, 0.25) is 0 Å². The van der Waals surface area contributed by atoms with Gasteiger partial charge in [-0.15, -0.1) is 0 Å². The van der Waals surface area contributed by atoms with Gasteiger partial charge in [-0.1, -0.05) is 19.3 Å². The molecule has 4 fully saturated rings. The molecule has 2 aliphatic heterocycles. The number of anilines is 4. The minimum atomic E-state index is 0.414. The molecule has 0 amide bonds. The summed E-state index contributed by atoms with van der Waals surface area (Å²) >= 11 is 0. The summed E-state index contributed by atoms with van der Waals surface area (Å²) < 4.78 is 0. The summed E-state index contributed by atoms with van der Waals surface area (Å²) in [6, 6.07) is 5.42. The van der Waals surface area contributed by atoms with Crippen molar-refractivity contribution in [3.8, 4) is 0 Å². The highest BCUT2D eigenvalue weighted by molar-refractivity contribution is 5.48. The van der Waals surface area contributed by atoms with Crippen LogP contribution in [0.4, 0.5) is 23.5 Å². The molecule has 2 aromatic heterocycles. The van der Waals surface area contributed by atoms with Gasteiger partial charge in [-0.2, -0.15) is 9.97 Å². The fraction of sp³-hybridized carbons (Fsp3) is 0.680. The molecule has 2 aliphatic carbocycles. The van der Waals surface area contributed by atoms with Crippen molar-refractivity contribution in [2.24, 2.45) is 0 Å². The summed E-state index contributed by atoms with van der Waals surface area (Å²) in [4.78, 5) is 22.0. The van der Waals surface area contributed by atoms with Crippen LogP contribution in [0.1, 0.15) is 68.2 Å². The molecule has 2 aromatic rings. The molecule has 4 heterocycles. The molecule has 6 rings (SSSR count). The van der Waals surface area contributed by atoms with Crippen molar-refractivity contribution < 1.29 is 0 Å². The minimum Gasteiger partial charge on any atom is -0.368 e. The molecule has 2 saturated heterocycles. The highest BCUT2D eigenvalue weighted by Crippen LogP contribution is 2.37. The molecule has 4 aliphatic rings. The van der Waals surface area contributed by atoms with E-state index in [-0.39, 0.29) is 0 Å².